The number of hydrogen-bond acceptors (Lipinski definition) is 4. The van der Waals surface area contributed by atoms with E-state index in [1.807, 2.05) is 30.3 Å². The Morgan fingerprint density at radius 3 is 2.02 bits per heavy atom. The van der Waals surface area contributed by atoms with Crippen LogP contribution < -0.4 is 0 Å². The Morgan fingerprint density at radius 2 is 1.22 bits per heavy atom. The summed E-state index contributed by atoms with van der Waals surface area (Å²) >= 11 is 1.75. The second-order valence-electron chi connectivity index (χ2n) is 12.2. The maximum Gasteiger partial charge on any atom is 0.160 e. The lowest BCUT2D eigenvalue weighted by molar-refractivity contribution is 0.607. The van der Waals surface area contributed by atoms with E-state index in [-0.39, 0.29) is 5.41 Å². The third-order valence-corrected chi connectivity index (χ3v) is 10.1. The average Bonchev–Trinajstić information content (AvgIpc) is 3.11. The number of benzene rings is 6. The first kappa shape index (κ1) is 28.0. The van der Waals surface area contributed by atoms with Gasteiger partial charge in [0, 0.05) is 31.9 Å². The molecular weight excluding hydrogens is 579 g/mol. The lowest BCUT2D eigenvalue weighted by atomic mass is 9.76. The molecule has 1 aromatic heterocycles. The molecule has 0 atom stereocenters. The van der Waals surface area contributed by atoms with Crippen LogP contribution in [0.25, 0.3) is 55.8 Å². The van der Waals surface area contributed by atoms with E-state index in [1.165, 1.54) is 26.8 Å². The molecule has 1 aliphatic heterocycles. The van der Waals surface area contributed by atoms with Gasteiger partial charge in [0.1, 0.15) is 0 Å². The third-order valence-electron chi connectivity index (χ3n) is 8.97. The van der Waals surface area contributed by atoms with Crippen molar-refractivity contribution in [3.63, 3.8) is 0 Å². The minimum Gasteiger partial charge on any atom is -0.228 e. The van der Waals surface area contributed by atoms with Crippen molar-refractivity contribution in [2.75, 3.05) is 0 Å². The van der Waals surface area contributed by atoms with E-state index in [0.717, 1.165) is 44.1 Å². The SMILES string of the molecule is CC1(C)c2ccccc2Sc2cc(C#N)c(-c3cccc(-c4cc(-c5ccc6ccccc6c5)nc(-c5ccccc5)n4)c3)cc21. The molecule has 0 fully saturated rings. The molecule has 4 heteroatoms. The van der Waals surface area contributed by atoms with Gasteiger partial charge >= 0.3 is 0 Å². The molecule has 0 N–H and O–H groups in total. The molecule has 6 aromatic carbocycles. The monoisotopic (exact) mass is 607 g/mol. The minimum absolute atomic E-state index is 0.191. The fourth-order valence-electron chi connectivity index (χ4n) is 6.47. The average molecular weight is 608 g/mol. The lowest BCUT2D eigenvalue weighted by Gasteiger charge is -2.35. The number of nitrogens with zero attached hydrogens (tertiary/aromatic N) is 3. The zero-order chi connectivity index (χ0) is 31.3. The van der Waals surface area contributed by atoms with Crippen LogP contribution in [0.3, 0.4) is 0 Å². The van der Waals surface area contributed by atoms with Crippen molar-refractivity contribution < 1.29 is 0 Å². The van der Waals surface area contributed by atoms with Crippen LogP contribution in [0.15, 0.2) is 149 Å². The van der Waals surface area contributed by atoms with E-state index in [9.17, 15) is 5.26 Å². The largest absolute Gasteiger partial charge is 0.228 e. The maximum atomic E-state index is 10.3. The Kier molecular flexibility index (Phi) is 6.78. The topological polar surface area (TPSA) is 49.6 Å². The number of nitriles is 1. The standard InChI is InChI=1S/C42H29N3S/c1-42(2)35-17-8-9-18-39(35)46-40-23-33(26-43)34(24-36(40)42)30-15-10-16-31(22-30)37-25-38(45-41(44-37)28-12-4-3-5-13-28)32-20-19-27-11-6-7-14-29(27)21-32/h3-25H,1-2H3. The normalized spacial score (nSPS) is 13.1. The van der Waals surface area contributed by atoms with Crippen molar-refractivity contribution in [3.05, 3.63) is 156 Å². The van der Waals surface area contributed by atoms with Crippen molar-refractivity contribution in [2.45, 2.75) is 29.1 Å². The molecule has 3 nitrogen and oxygen atoms in total. The summed E-state index contributed by atoms with van der Waals surface area (Å²) < 4.78 is 0. The van der Waals surface area contributed by atoms with Gasteiger partial charge in [0.05, 0.1) is 23.0 Å². The van der Waals surface area contributed by atoms with Gasteiger partial charge < -0.3 is 0 Å². The van der Waals surface area contributed by atoms with Crippen LogP contribution in [0.4, 0.5) is 0 Å². The number of fused-ring (bicyclic) bond motifs is 3. The Balaban J connectivity index is 1.27. The predicted molar refractivity (Wildman–Crippen MR) is 189 cm³/mol. The van der Waals surface area contributed by atoms with Crippen LogP contribution in [0.1, 0.15) is 30.5 Å². The van der Waals surface area contributed by atoms with Crippen molar-refractivity contribution >= 4 is 22.5 Å². The Bertz CT molecular complexity index is 2330. The lowest BCUT2D eigenvalue weighted by Crippen LogP contribution is -2.24. The van der Waals surface area contributed by atoms with E-state index in [1.54, 1.807) is 11.8 Å². The molecule has 0 spiro atoms. The number of aromatic nitrogens is 2. The van der Waals surface area contributed by atoms with E-state index in [2.05, 4.69) is 129 Å². The summed E-state index contributed by atoms with van der Waals surface area (Å²) in [4.78, 5) is 12.5. The first-order valence-electron chi connectivity index (χ1n) is 15.4. The fraction of sp³-hybridized carbons (Fsp3) is 0.0714. The van der Waals surface area contributed by atoms with Gasteiger partial charge in [0.25, 0.3) is 0 Å². The van der Waals surface area contributed by atoms with Gasteiger partial charge in [-0.1, -0.05) is 129 Å². The molecule has 46 heavy (non-hydrogen) atoms. The summed E-state index contributed by atoms with van der Waals surface area (Å²) in [5.74, 6) is 0.676. The minimum atomic E-state index is -0.191. The van der Waals surface area contributed by atoms with Gasteiger partial charge in [0.2, 0.25) is 0 Å². The molecule has 0 radical (unpaired) electrons. The summed E-state index contributed by atoms with van der Waals surface area (Å²) in [5, 5.41) is 12.7. The smallest absolute Gasteiger partial charge is 0.160 e. The third kappa shape index (κ3) is 4.86. The van der Waals surface area contributed by atoms with Crippen LogP contribution in [0.2, 0.25) is 0 Å². The molecule has 0 saturated heterocycles. The summed E-state index contributed by atoms with van der Waals surface area (Å²) in [6, 6.07) is 50.8. The van der Waals surface area contributed by atoms with E-state index < -0.39 is 0 Å². The highest BCUT2D eigenvalue weighted by molar-refractivity contribution is 7.99. The Hall–Kier alpha value is -5.50. The van der Waals surface area contributed by atoms with E-state index >= 15 is 0 Å². The first-order chi connectivity index (χ1) is 22.5. The van der Waals surface area contributed by atoms with Crippen LogP contribution in [0.5, 0.6) is 0 Å². The molecule has 0 unspecified atom stereocenters. The fourth-order valence-corrected chi connectivity index (χ4v) is 7.89. The quantitative estimate of drug-likeness (QED) is 0.200. The number of hydrogen-bond donors (Lipinski definition) is 0. The van der Waals surface area contributed by atoms with Crippen LogP contribution in [0, 0.1) is 11.3 Å². The summed E-state index contributed by atoms with van der Waals surface area (Å²) in [5.41, 5.74) is 9.62. The van der Waals surface area contributed by atoms with Crippen molar-refractivity contribution in [3.8, 4) is 51.1 Å². The van der Waals surface area contributed by atoms with Gasteiger partial charge in [-0.05, 0) is 69.4 Å². The van der Waals surface area contributed by atoms with Gasteiger partial charge in [-0.2, -0.15) is 5.26 Å². The van der Waals surface area contributed by atoms with Crippen molar-refractivity contribution in [2.24, 2.45) is 0 Å². The summed E-state index contributed by atoms with van der Waals surface area (Å²) in [7, 11) is 0. The molecule has 7 aromatic rings. The molecule has 0 aliphatic carbocycles. The van der Waals surface area contributed by atoms with Crippen molar-refractivity contribution in [1.29, 1.82) is 5.26 Å². The molecule has 8 rings (SSSR count). The molecular formula is C42H29N3S. The highest BCUT2D eigenvalue weighted by atomic mass is 32.2. The molecule has 0 saturated carbocycles. The zero-order valence-electron chi connectivity index (χ0n) is 25.5. The molecule has 218 valence electrons. The zero-order valence-corrected chi connectivity index (χ0v) is 26.3. The van der Waals surface area contributed by atoms with Crippen LogP contribution >= 0.6 is 11.8 Å². The van der Waals surface area contributed by atoms with Crippen LogP contribution in [-0.4, -0.2) is 9.97 Å². The highest BCUT2D eigenvalue weighted by Crippen LogP contribution is 2.50. The summed E-state index contributed by atoms with van der Waals surface area (Å²) in [6.07, 6.45) is 0. The van der Waals surface area contributed by atoms with Gasteiger partial charge in [-0.25, -0.2) is 9.97 Å². The molecule has 1 aliphatic rings. The second kappa shape index (κ2) is 11.1. The van der Waals surface area contributed by atoms with Gasteiger partial charge in [0.15, 0.2) is 5.82 Å². The second-order valence-corrected chi connectivity index (χ2v) is 13.3. The Morgan fingerprint density at radius 1 is 0.543 bits per heavy atom. The van der Waals surface area contributed by atoms with Gasteiger partial charge in [-0.15, -0.1) is 0 Å². The Labute approximate surface area is 273 Å². The molecule has 0 bridgehead atoms. The van der Waals surface area contributed by atoms with Crippen molar-refractivity contribution in [1.82, 2.24) is 9.97 Å². The number of rotatable bonds is 4. The van der Waals surface area contributed by atoms with E-state index in [4.69, 9.17) is 9.97 Å². The molecule has 0 amide bonds. The maximum absolute atomic E-state index is 10.3. The predicted octanol–water partition coefficient (Wildman–Crippen LogP) is 11.0. The first-order valence-corrected chi connectivity index (χ1v) is 16.2. The highest BCUT2D eigenvalue weighted by Gasteiger charge is 2.34. The molecule has 2 heterocycles. The van der Waals surface area contributed by atoms with E-state index in [0.29, 0.717) is 11.4 Å². The summed E-state index contributed by atoms with van der Waals surface area (Å²) in [6.45, 7) is 4.55. The van der Waals surface area contributed by atoms with Crippen LogP contribution in [-0.2, 0) is 5.41 Å². The van der Waals surface area contributed by atoms with Gasteiger partial charge in [-0.3, -0.25) is 0 Å².